The number of aryl methyl sites for hydroxylation is 1. The second kappa shape index (κ2) is 8.66. The summed E-state index contributed by atoms with van der Waals surface area (Å²) in [5.41, 5.74) is 0.907. The van der Waals surface area contributed by atoms with Crippen molar-refractivity contribution in [2.24, 2.45) is 0 Å². The lowest BCUT2D eigenvalue weighted by Crippen LogP contribution is -2.45. The van der Waals surface area contributed by atoms with E-state index in [1.165, 1.54) is 0 Å². The molecule has 2 N–H and O–H groups in total. The Morgan fingerprint density at radius 2 is 1.90 bits per heavy atom. The topological polar surface area (TPSA) is 78.5 Å². The summed E-state index contributed by atoms with van der Waals surface area (Å²) in [4.78, 5) is 38.6. The lowest BCUT2D eigenvalue weighted by molar-refractivity contribution is -0.134. The zero-order chi connectivity index (χ0) is 21.0. The number of nitrogens with one attached hydrogen (secondary N) is 2. The number of halogens is 1. The van der Waals surface area contributed by atoms with Gasteiger partial charge in [0.25, 0.3) is 5.91 Å². The van der Waals surface area contributed by atoms with Gasteiger partial charge in [-0.25, -0.2) is 4.79 Å². The maximum absolute atomic E-state index is 12.8. The van der Waals surface area contributed by atoms with Gasteiger partial charge >= 0.3 is 6.03 Å². The second-order valence-corrected chi connectivity index (χ2v) is 7.92. The van der Waals surface area contributed by atoms with Crippen molar-refractivity contribution in [2.45, 2.75) is 38.3 Å². The molecule has 1 aliphatic rings. The molecule has 0 unspecified atom stereocenters. The van der Waals surface area contributed by atoms with E-state index in [4.69, 9.17) is 11.6 Å². The molecular formula is C22H24ClN3O3. The number of hydrogen-bond acceptors (Lipinski definition) is 3. The molecule has 0 spiro atoms. The summed E-state index contributed by atoms with van der Waals surface area (Å²) in [5.74, 6) is -0.794. The molecule has 0 saturated carbocycles. The van der Waals surface area contributed by atoms with Crippen molar-refractivity contribution in [1.29, 1.82) is 0 Å². The fourth-order valence-corrected chi connectivity index (χ4v) is 3.59. The van der Waals surface area contributed by atoms with E-state index in [1.54, 1.807) is 25.1 Å². The van der Waals surface area contributed by atoms with Gasteiger partial charge in [0.2, 0.25) is 5.91 Å². The summed E-state index contributed by atoms with van der Waals surface area (Å²) in [5, 5.41) is 6.12. The molecule has 0 bridgehead atoms. The van der Waals surface area contributed by atoms with Gasteiger partial charge in [0.05, 0.1) is 6.04 Å². The molecule has 7 heteroatoms. The Labute approximate surface area is 175 Å². The third-order valence-corrected chi connectivity index (χ3v) is 5.36. The molecule has 29 heavy (non-hydrogen) atoms. The highest BCUT2D eigenvalue weighted by atomic mass is 35.5. The normalized spacial score (nSPS) is 19.8. The van der Waals surface area contributed by atoms with Crippen LogP contribution in [0.2, 0.25) is 5.02 Å². The van der Waals surface area contributed by atoms with Crippen LogP contribution < -0.4 is 10.6 Å². The first-order valence-electron chi connectivity index (χ1n) is 9.51. The Morgan fingerprint density at radius 1 is 1.17 bits per heavy atom. The Bertz CT molecular complexity index is 919. The van der Waals surface area contributed by atoms with E-state index in [2.05, 4.69) is 10.6 Å². The predicted molar refractivity (Wildman–Crippen MR) is 111 cm³/mol. The largest absolute Gasteiger partial charge is 0.348 e. The Kier molecular flexibility index (Phi) is 6.23. The molecule has 1 heterocycles. The highest BCUT2D eigenvalue weighted by Crippen LogP contribution is 2.23. The number of carbonyl (C=O) groups is 3. The summed E-state index contributed by atoms with van der Waals surface area (Å²) >= 11 is 5.99. The van der Waals surface area contributed by atoms with Gasteiger partial charge in [-0.1, -0.05) is 54.1 Å². The first kappa shape index (κ1) is 20.9. The van der Waals surface area contributed by atoms with Crippen LogP contribution in [0.25, 0.3) is 0 Å². The van der Waals surface area contributed by atoms with Crippen LogP contribution in [-0.2, 0) is 16.0 Å². The predicted octanol–water partition coefficient (Wildman–Crippen LogP) is 3.46. The van der Waals surface area contributed by atoms with Crippen LogP contribution in [-0.4, -0.2) is 34.8 Å². The summed E-state index contributed by atoms with van der Waals surface area (Å²) < 4.78 is 0. The number of hydrogen-bond donors (Lipinski definition) is 2. The Hall–Kier alpha value is -2.86. The number of urea groups is 1. The standard InChI is InChI=1S/C22H24ClN3O3/c1-15(17-9-6-10-18(23)13-17)24-19(27)14-26-20(28)22(2,25-21(26)29)12-11-16-7-4-3-5-8-16/h3-10,13,15H,11-12,14H2,1-2H3,(H,24,27)(H,25,29)/t15-,22-/m0/s1. The van der Waals surface area contributed by atoms with Gasteiger partial charge in [0.15, 0.2) is 0 Å². The van der Waals surface area contributed by atoms with E-state index >= 15 is 0 Å². The average Bonchev–Trinajstić information content (AvgIpc) is 2.90. The number of carbonyl (C=O) groups excluding carboxylic acids is 3. The average molecular weight is 414 g/mol. The lowest BCUT2D eigenvalue weighted by atomic mass is 9.93. The SMILES string of the molecule is C[C@H](NC(=O)CN1C(=O)N[C@@](C)(CCc2ccccc2)C1=O)c1cccc(Cl)c1. The van der Waals surface area contributed by atoms with Crippen LogP contribution in [0.1, 0.15) is 37.4 Å². The van der Waals surface area contributed by atoms with Crippen LogP contribution in [0.15, 0.2) is 54.6 Å². The molecule has 0 aliphatic carbocycles. The van der Waals surface area contributed by atoms with Crippen LogP contribution in [0, 0.1) is 0 Å². The van der Waals surface area contributed by atoms with E-state index < -0.39 is 17.5 Å². The van der Waals surface area contributed by atoms with Gasteiger partial charge in [0.1, 0.15) is 12.1 Å². The Balaban J connectivity index is 1.59. The third kappa shape index (κ3) is 4.95. The molecule has 152 valence electrons. The van der Waals surface area contributed by atoms with Crippen molar-refractivity contribution < 1.29 is 14.4 Å². The maximum Gasteiger partial charge on any atom is 0.325 e. The number of imide groups is 1. The van der Waals surface area contributed by atoms with E-state index in [0.29, 0.717) is 17.9 Å². The van der Waals surface area contributed by atoms with Crippen molar-refractivity contribution in [3.63, 3.8) is 0 Å². The van der Waals surface area contributed by atoms with Crippen molar-refractivity contribution in [3.05, 3.63) is 70.7 Å². The summed E-state index contributed by atoms with van der Waals surface area (Å²) in [6, 6.07) is 16.1. The lowest BCUT2D eigenvalue weighted by Gasteiger charge is -2.22. The second-order valence-electron chi connectivity index (χ2n) is 7.48. The van der Waals surface area contributed by atoms with Crippen molar-refractivity contribution in [2.75, 3.05) is 6.54 Å². The monoisotopic (exact) mass is 413 g/mol. The first-order valence-corrected chi connectivity index (χ1v) is 9.89. The van der Waals surface area contributed by atoms with E-state index in [-0.39, 0.29) is 18.5 Å². The van der Waals surface area contributed by atoms with Gasteiger partial charge in [-0.05, 0) is 49.9 Å². The van der Waals surface area contributed by atoms with Gasteiger partial charge in [-0.2, -0.15) is 0 Å². The van der Waals surface area contributed by atoms with E-state index in [9.17, 15) is 14.4 Å². The molecule has 3 rings (SSSR count). The summed E-state index contributed by atoms with van der Waals surface area (Å²) in [6.07, 6.45) is 1.10. The minimum atomic E-state index is -1.02. The van der Waals surface area contributed by atoms with Gasteiger partial charge in [-0.15, -0.1) is 0 Å². The Morgan fingerprint density at radius 3 is 2.59 bits per heavy atom. The zero-order valence-corrected chi connectivity index (χ0v) is 17.2. The van der Waals surface area contributed by atoms with Crippen molar-refractivity contribution in [3.8, 4) is 0 Å². The van der Waals surface area contributed by atoms with E-state index in [0.717, 1.165) is 16.0 Å². The smallest absolute Gasteiger partial charge is 0.325 e. The number of benzene rings is 2. The molecule has 0 radical (unpaired) electrons. The fourth-order valence-electron chi connectivity index (χ4n) is 3.39. The van der Waals surface area contributed by atoms with Crippen molar-refractivity contribution >= 4 is 29.4 Å². The highest BCUT2D eigenvalue weighted by molar-refractivity contribution is 6.30. The molecule has 2 atom stereocenters. The minimum Gasteiger partial charge on any atom is -0.348 e. The molecule has 4 amide bonds. The van der Waals surface area contributed by atoms with Crippen LogP contribution >= 0.6 is 11.6 Å². The third-order valence-electron chi connectivity index (χ3n) is 5.13. The maximum atomic E-state index is 12.8. The minimum absolute atomic E-state index is 0.300. The van der Waals surface area contributed by atoms with Crippen LogP contribution in [0.4, 0.5) is 4.79 Å². The summed E-state index contributed by atoms with van der Waals surface area (Å²) in [6.45, 7) is 3.19. The molecule has 1 aliphatic heterocycles. The quantitative estimate of drug-likeness (QED) is 0.682. The number of rotatable bonds is 7. The van der Waals surface area contributed by atoms with Gasteiger partial charge in [-0.3, -0.25) is 14.5 Å². The molecule has 0 aromatic heterocycles. The van der Waals surface area contributed by atoms with Gasteiger partial charge in [0, 0.05) is 5.02 Å². The highest BCUT2D eigenvalue weighted by Gasteiger charge is 2.47. The molecule has 2 aromatic rings. The molecule has 6 nitrogen and oxygen atoms in total. The van der Waals surface area contributed by atoms with Crippen LogP contribution in [0.3, 0.4) is 0 Å². The van der Waals surface area contributed by atoms with Gasteiger partial charge < -0.3 is 10.6 Å². The number of amides is 4. The van der Waals surface area contributed by atoms with Crippen molar-refractivity contribution in [1.82, 2.24) is 15.5 Å². The first-order chi connectivity index (χ1) is 13.8. The molecule has 1 fully saturated rings. The molecule has 2 aromatic carbocycles. The van der Waals surface area contributed by atoms with Crippen LogP contribution in [0.5, 0.6) is 0 Å². The fraction of sp³-hybridized carbons (Fsp3) is 0.318. The zero-order valence-electron chi connectivity index (χ0n) is 16.4. The van der Waals surface area contributed by atoms with E-state index in [1.807, 2.05) is 43.3 Å². The summed E-state index contributed by atoms with van der Waals surface area (Å²) in [7, 11) is 0. The number of nitrogens with zero attached hydrogens (tertiary/aromatic N) is 1. The molecule has 1 saturated heterocycles. The molecular weight excluding hydrogens is 390 g/mol.